The summed E-state index contributed by atoms with van der Waals surface area (Å²) in [5.74, 6) is 0.625. The molecule has 1 aliphatic carbocycles. The van der Waals surface area contributed by atoms with Crippen LogP contribution in [0.4, 0.5) is 0 Å². The van der Waals surface area contributed by atoms with E-state index >= 15 is 0 Å². The van der Waals surface area contributed by atoms with Crippen LogP contribution in [0.3, 0.4) is 0 Å². The van der Waals surface area contributed by atoms with Crippen LogP contribution in [0.2, 0.25) is 0 Å². The largest absolute Gasteiger partial charge is 0.312 e. The highest BCUT2D eigenvalue weighted by Crippen LogP contribution is 2.38. The van der Waals surface area contributed by atoms with Gasteiger partial charge in [-0.2, -0.15) is 5.10 Å². The number of nitrogens with one attached hydrogen (secondary N) is 1. The molecule has 0 bridgehead atoms. The van der Waals surface area contributed by atoms with Gasteiger partial charge in [0.2, 0.25) is 0 Å². The van der Waals surface area contributed by atoms with Crippen molar-refractivity contribution in [2.24, 2.45) is 0 Å². The highest BCUT2D eigenvalue weighted by atomic mass is 15.3. The molecule has 3 atom stereocenters. The molecular weight excluding hydrogens is 248 g/mol. The van der Waals surface area contributed by atoms with Crippen LogP contribution in [-0.4, -0.2) is 27.4 Å². The SMILES string of the molecule is CCNC1CCC(c2ccccc2)CC1n1cncn1. The molecule has 1 fully saturated rings. The number of hydrogen-bond donors (Lipinski definition) is 1. The first-order chi connectivity index (χ1) is 9.88. The van der Waals surface area contributed by atoms with E-state index in [4.69, 9.17) is 0 Å². The van der Waals surface area contributed by atoms with Crippen molar-refractivity contribution >= 4 is 0 Å². The molecule has 3 rings (SSSR count). The predicted octanol–water partition coefficient (Wildman–Crippen LogP) is 2.77. The van der Waals surface area contributed by atoms with Crippen molar-refractivity contribution < 1.29 is 0 Å². The molecule has 1 aromatic carbocycles. The normalized spacial score (nSPS) is 26.6. The summed E-state index contributed by atoms with van der Waals surface area (Å²) in [5.41, 5.74) is 1.45. The van der Waals surface area contributed by atoms with Gasteiger partial charge >= 0.3 is 0 Å². The van der Waals surface area contributed by atoms with E-state index in [1.54, 1.807) is 6.33 Å². The molecule has 0 radical (unpaired) electrons. The fourth-order valence-electron chi connectivity index (χ4n) is 3.36. The predicted molar refractivity (Wildman–Crippen MR) is 79.6 cm³/mol. The number of aromatic nitrogens is 3. The number of benzene rings is 1. The minimum absolute atomic E-state index is 0.399. The minimum atomic E-state index is 0.399. The minimum Gasteiger partial charge on any atom is -0.312 e. The van der Waals surface area contributed by atoms with E-state index in [0.717, 1.165) is 13.0 Å². The Labute approximate surface area is 120 Å². The molecule has 20 heavy (non-hydrogen) atoms. The number of rotatable bonds is 4. The third kappa shape index (κ3) is 2.75. The monoisotopic (exact) mass is 270 g/mol. The summed E-state index contributed by atoms with van der Waals surface area (Å²) < 4.78 is 2.03. The second-order valence-corrected chi connectivity index (χ2v) is 5.53. The van der Waals surface area contributed by atoms with Gasteiger partial charge in [-0.25, -0.2) is 9.67 Å². The lowest BCUT2D eigenvalue weighted by atomic mass is 9.78. The molecule has 4 nitrogen and oxygen atoms in total. The Hall–Kier alpha value is -1.68. The lowest BCUT2D eigenvalue weighted by molar-refractivity contribution is 0.229. The van der Waals surface area contributed by atoms with Gasteiger partial charge in [-0.15, -0.1) is 0 Å². The van der Waals surface area contributed by atoms with Crippen LogP contribution in [-0.2, 0) is 0 Å². The lowest BCUT2D eigenvalue weighted by Gasteiger charge is -2.36. The third-order valence-electron chi connectivity index (χ3n) is 4.33. The van der Waals surface area contributed by atoms with Crippen LogP contribution >= 0.6 is 0 Å². The summed E-state index contributed by atoms with van der Waals surface area (Å²) in [7, 11) is 0. The van der Waals surface area contributed by atoms with Gasteiger partial charge in [0.1, 0.15) is 12.7 Å². The Balaban J connectivity index is 1.80. The van der Waals surface area contributed by atoms with Gasteiger partial charge in [0.05, 0.1) is 6.04 Å². The molecule has 4 heteroatoms. The number of likely N-dealkylation sites (N-methyl/N-ethyl adjacent to an activating group) is 1. The van der Waals surface area contributed by atoms with Crippen LogP contribution in [0.15, 0.2) is 43.0 Å². The Morgan fingerprint density at radius 2 is 2.10 bits per heavy atom. The Morgan fingerprint density at radius 3 is 2.80 bits per heavy atom. The van der Waals surface area contributed by atoms with Crippen molar-refractivity contribution in [2.45, 2.75) is 44.2 Å². The van der Waals surface area contributed by atoms with Crippen LogP contribution in [0.5, 0.6) is 0 Å². The maximum Gasteiger partial charge on any atom is 0.137 e. The van der Waals surface area contributed by atoms with Crippen molar-refractivity contribution in [3.8, 4) is 0 Å². The molecule has 1 aliphatic rings. The molecule has 1 heterocycles. The van der Waals surface area contributed by atoms with E-state index in [0.29, 0.717) is 18.0 Å². The molecule has 0 amide bonds. The Kier molecular flexibility index (Phi) is 4.11. The summed E-state index contributed by atoms with van der Waals surface area (Å²) >= 11 is 0. The van der Waals surface area contributed by atoms with E-state index < -0.39 is 0 Å². The van der Waals surface area contributed by atoms with Crippen molar-refractivity contribution in [3.05, 3.63) is 48.5 Å². The summed E-state index contributed by atoms with van der Waals surface area (Å²) in [6.07, 6.45) is 7.05. The smallest absolute Gasteiger partial charge is 0.137 e. The molecule has 0 spiro atoms. The molecule has 106 valence electrons. The molecule has 0 aliphatic heterocycles. The molecule has 1 aromatic heterocycles. The van der Waals surface area contributed by atoms with Crippen LogP contribution in [0, 0.1) is 0 Å². The van der Waals surface area contributed by atoms with Crippen LogP contribution < -0.4 is 5.32 Å². The molecule has 0 saturated heterocycles. The zero-order valence-corrected chi connectivity index (χ0v) is 11.9. The number of hydrogen-bond acceptors (Lipinski definition) is 3. The average Bonchev–Trinajstić information content (AvgIpc) is 3.03. The van der Waals surface area contributed by atoms with E-state index in [1.165, 1.54) is 18.4 Å². The maximum absolute atomic E-state index is 4.37. The lowest BCUT2D eigenvalue weighted by Crippen LogP contribution is -2.41. The van der Waals surface area contributed by atoms with Crippen molar-refractivity contribution in [1.29, 1.82) is 0 Å². The van der Waals surface area contributed by atoms with Gasteiger partial charge in [0.25, 0.3) is 0 Å². The Bertz CT molecular complexity index is 509. The summed E-state index contributed by atoms with van der Waals surface area (Å²) in [6.45, 7) is 3.17. The fraction of sp³-hybridized carbons (Fsp3) is 0.500. The van der Waals surface area contributed by atoms with Gasteiger partial charge in [0.15, 0.2) is 0 Å². The summed E-state index contributed by atoms with van der Waals surface area (Å²) in [6, 6.07) is 11.8. The first kappa shape index (κ1) is 13.3. The van der Waals surface area contributed by atoms with Crippen molar-refractivity contribution in [1.82, 2.24) is 20.1 Å². The van der Waals surface area contributed by atoms with Gasteiger partial charge in [-0.3, -0.25) is 0 Å². The van der Waals surface area contributed by atoms with E-state index in [-0.39, 0.29) is 0 Å². The van der Waals surface area contributed by atoms with Gasteiger partial charge in [-0.05, 0) is 37.3 Å². The molecule has 1 N–H and O–H groups in total. The highest BCUT2D eigenvalue weighted by molar-refractivity contribution is 5.20. The summed E-state index contributed by atoms with van der Waals surface area (Å²) in [5, 5.41) is 7.97. The van der Waals surface area contributed by atoms with Gasteiger partial charge in [-0.1, -0.05) is 37.3 Å². The third-order valence-corrected chi connectivity index (χ3v) is 4.33. The molecule has 1 saturated carbocycles. The second-order valence-electron chi connectivity index (χ2n) is 5.53. The van der Waals surface area contributed by atoms with Crippen molar-refractivity contribution in [3.63, 3.8) is 0 Å². The zero-order valence-electron chi connectivity index (χ0n) is 11.9. The van der Waals surface area contributed by atoms with Gasteiger partial charge < -0.3 is 5.32 Å². The van der Waals surface area contributed by atoms with E-state index in [1.807, 2.05) is 11.0 Å². The molecule has 3 unspecified atom stereocenters. The first-order valence-electron chi connectivity index (χ1n) is 7.51. The van der Waals surface area contributed by atoms with E-state index in [2.05, 4.69) is 52.7 Å². The molecular formula is C16H22N4. The van der Waals surface area contributed by atoms with E-state index in [9.17, 15) is 0 Å². The quantitative estimate of drug-likeness (QED) is 0.929. The topological polar surface area (TPSA) is 42.7 Å². The zero-order chi connectivity index (χ0) is 13.8. The fourth-order valence-corrected chi connectivity index (χ4v) is 3.36. The highest BCUT2D eigenvalue weighted by Gasteiger charge is 2.32. The van der Waals surface area contributed by atoms with Crippen LogP contribution in [0.25, 0.3) is 0 Å². The van der Waals surface area contributed by atoms with Gasteiger partial charge in [0, 0.05) is 6.04 Å². The maximum atomic E-state index is 4.37. The van der Waals surface area contributed by atoms with Crippen LogP contribution in [0.1, 0.15) is 43.7 Å². The molecule has 2 aromatic rings. The standard InChI is InChI=1S/C16H22N4/c1-2-18-15-9-8-14(13-6-4-3-5-7-13)10-16(15)20-12-17-11-19-20/h3-7,11-12,14-16,18H,2,8-10H2,1H3. The number of nitrogens with zero attached hydrogens (tertiary/aromatic N) is 3. The average molecular weight is 270 g/mol. The first-order valence-corrected chi connectivity index (χ1v) is 7.51. The second kappa shape index (κ2) is 6.18. The summed E-state index contributed by atoms with van der Waals surface area (Å²) in [4.78, 5) is 4.11. The van der Waals surface area contributed by atoms with Crippen molar-refractivity contribution in [2.75, 3.05) is 6.54 Å². The Morgan fingerprint density at radius 1 is 1.25 bits per heavy atom.